The van der Waals surface area contributed by atoms with Crippen molar-refractivity contribution in [1.82, 2.24) is 15.1 Å². The lowest BCUT2D eigenvalue weighted by molar-refractivity contribution is -0.111. The Kier molecular flexibility index (Phi) is 8.20. The fraction of sp³-hybridized carbons (Fsp3) is 0.241. The van der Waals surface area contributed by atoms with E-state index in [2.05, 4.69) is 68.6 Å². The van der Waals surface area contributed by atoms with Crippen LogP contribution in [0.4, 0.5) is 0 Å². The molecule has 4 heteroatoms. The van der Waals surface area contributed by atoms with Gasteiger partial charge in [0.2, 0.25) is 6.41 Å². The number of carbonyl (C=O) groups excluding carboxylic acids is 1. The van der Waals surface area contributed by atoms with Crippen LogP contribution in [0.1, 0.15) is 49.2 Å². The molecular weight excluding hydrogens is 406 g/mol. The molecule has 1 aliphatic carbocycles. The van der Waals surface area contributed by atoms with Crippen LogP contribution in [0.25, 0.3) is 11.3 Å². The van der Waals surface area contributed by atoms with Gasteiger partial charge in [-0.1, -0.05) is 85.8 Å². The monoisotopic (exact) mass is 439 g/mol. The molecule has 1 amide bonds. The first kappa shape index (κ1) is 24.0. The SMILES string of the molecule is CCC(C)(NC=O)c1ccccc1.Cc1c(C2=CC=CC=CC2)nn(-c2ccccc2)c1C. The van der Waals surface area contributed by atoms with Gasteiger partial charge in [-0.15, -0.1) is 0 Å². The summed E-state index contributed by atoms with van der Waals surface area (Å²) in [5.41, 5.74) is 6.84. The Labute approximate surface area is 197 Å². The van der Waals surface area contributed by atoms with Gasteiger partial charge in [0.15, 0.2) is 0 Å². The van der Waals surface area contributed by atoms with Crippen molar-refractivity contribution in [1.29, 1.82) is 0 Å². The molecule has 0 fully saturated rings. The van der Waals surface area contributed by atoms with Gasteiger partial charge in [-0.05, 0) is 62.4 Å². The van der Waals surface area contributed by atoms with Crippen LogP contribution in [0.5, 0.6) is 0 Å². The van der Waals surface area contributed by atoms with Crippen molar-refractivity contribution < 1.29 is 4.79 Å². The maximum absolute atomic E-state index is 10.4. The molecular formula is C29H33N3O. The van der Waals surface area contributed by atoms with Gasteiger partial charge in [0.1, 0.15) is 0 Å². The molecule has 1 heterocycles. The van der Waals surface area contributed by atoms with Gasteiger partial charge < -0.3 is 5.32 Å². The summed E-state index contributed by atoms with van der Waals surface area (Å²) in [7, 11) is 0. The summed E-state index contributed by atoms with van der Waals surface area (Å²) in [6.07, 6.45) is 13.1. The summed E-state index contributed by atoms with van der Waals surface area (Å²) in [5.74, 6) is 0. The second-order valence-corrected chi connectivity index (χ2v) is 8.33. The molecule has 0 radical (unpaired) electrons. The van der Waals surface area contributed by atoms with E-state index in [0.29, 0.717) is 0 Å². The Hall–Kier alpha value is -3.66. The minimum absolute atomic E-state index is 0.233. The number of allylic oxidation sites excluding steroid dienone is 6. The maximum Gasteiger partial charge on any atom is 0.207 e. The second-order valence-electron chi connectivity index (χ2n) is 8.33. The number of carbonyl (C=O) groups is 1. The standard InChI is InChI=1S/C18H18N2.C11H15NO/c1-14-15(2)20(17-12-8-5-9-13-17)19-18(14)16-10-6-3-4-7-11-16;1-3-11(2,12-9-13)10-7-5-4-6-8-10/h3-10,12-13H,11H2,1-2H3;4-9H,3H2,1-2H3,(H,12,13). The van der Waals surface area contributed by atoms with Crippen LogP contribution >= 0.6 is 0 Å². The summed E-state index contributed by atoms with van der Waals surface area (Å²) >= 11 is 0. The molecule has 3 aromatic rings. The van der Waals surface area contributed by atoms with Gasteiger partial charge in [-0.25, -0.2) is 4.68 Å². The minimum Gasteiger partial charge on any atom is -0.349 e. The zero-order chi connectivity index (χ0) is 23.7. The van der Waals surface area contributed by atoms with Crippen molar-refractivity contribution in [3.05, 3.63) is 114 Å². The molecule has 170 valence electrons. The lowest BCUT2D eigenvalue weighted by Crippen LogP contribution is -2.37. The van der Waals surface area contributed by atoms with Crippen molar-refractivity contribution in [2.75, 3.05) is 0 Å². The zero-order valence-corrected chi connectivity index (χ0v) is 20.0. The van der Waals surface area contributed by atoms with Crippen LogP contribution in [-0.4, -0.2) is 16.2 Å². The van der Waals surface area contributed by atoms with E-state index in [4.69, 9.17) is 5.10 Å². The summed E-state index contributed by atoms with van der Waals surface area (Å²) in [5, 5.41) is 7.67. The van der Waals surface area contributed by atoms with Crippen LogP contribution in [-0.2, 0) is 10.3 Å². The number of hydrogen-bond acceptors (Lipinski definition) is 2. The highest BCUT2D eigenvalue weighted by atomic mass is 16.1. The third kappa shape index (κ3) is 5.78. The van der Waals surface area contributed by atoms with E-state index < -0.39 is 0 Å². The summed E-state index contributed by atoms with van der Waals surface area (Å²) in [6, 6.07) is 20.3. The van der Waals surface area contributed by atoms with Gasteiger partial charge in [-0.3, -0.25) is 4.79 Å². The van der Waals surface area contributed by atoms with Crippen LogP contribution in [0, 0.1) is 13.8 Å². The minimum atomic E-state index is -0.233. The van der Waals surface area contributed by atoms with E-state index in [1.54, 1.807) is 0 Å². The Morgan fingerprint density at radius 2 is 1.67 bits per heavy atom. The number of amides is 1. The zero-order valence-electron chi connectivity index (χ0n) is 20.0. The van der Waals surface area contributed by atoms with E-state index in [9.17, 15) is 4.79 Å². The van der Waals surface area contributed by atoms with Crippen LogP contribution in [0.2, 0.25) is 0 Å². The number of benzene rings is 2. The Morgan fingerprint density at radius 3 is 2.30 bits per heavy atom. The smallest absolute Gasteiger partial charge is 0.207 e. The molecule has 33 heavy (non-hydrogen) atoms. The highest BCUT2D eigenvalue weighted by molar-refractivity contribution is 5.69. The maximum atomic E-state index is 10.4. The first-order valence-electron chi connectivity index (χ1n) is 11.4. The molecule has 1 unspecified atom stereocenters. The molecule has 1 atom stereocenters. The first-order valence-corrected chi connectivity index (χ1v) is 11.4. The van der Waals surface area contributed by atoms with E-state index in [-0.39, 0.29) is 5.54 Å². The lowest BCUT2D eigenvalue weighted by Gasteiger charge is -2.28. The quantitative estimate of drug-likeness (QED) is 0.449. The normalized spacial score (nSPS) is 14.4. The van der Waals surface area contributed by atoms with Crippen LogP contribution in [0.3, 0.4) is 0 Å². The lowest BCUT2D eigenvalue weighted by atomic mass is 9.90. The molecule has 0 bridgehead atoms. The van der Waals surface area contributed by atoms with Crippen LogP contribution in [0.15, 0.2) is 91.0 Å². The Balaban J connectivity index is 0.000000205. The van der Waals surface area contributed by atoms with Crippen molar-refractivity contribution in [3.63, 3.8) is 0 Å². The molecule has 1 aromatic heterocycles. The fourth-order valence-corrected chi connectivity index (χ4v) is 3.78. The average Bonchev–Trinajstić information content (AvgIpc) is 3.02. The fourth-order valence-electron chi connectivity index (χ4n) is 3.78. The Bertz CT molecular complexity index is 1140. The van der Waals surface area contributed by atoms with E-state index in [1.165, 1.54) is 16.8 Å². The van der Waals surface area contributed by atoms with E-state index >= 15 is 0 Å². The van der Waals surface area contributed by atoms with E-state index in [1.807, 2.05) is 60.1 Å². The second kappa shape index (κ2) is 11.3. The number of rotatable bonds is 6. The predicted octanol–water partition coefficient (Wildman–Crippen LogP) is 6.45. The highest BCUT2D eigenvalue weighted by Gasteiger charge is 2.22. The van der Waals surface area contributed by atoms with Crippen molar-refractivity contribution in [2.24, 2.45) is 0 Å². The number of hydrogen-bond donors (Lipinski definition) is 1. The van der Waals surface area contributed by atoms with Crippen molar-refractivity contribution >= 4 is 12.0 Å². The van der Waals surface area contributed by atoms with Crippen molar-refractivity contribution in [3.8, 4) is 5.69 Å². The number of aromatic nitrogens is 2. The summed E-state index contributed by atoms with van der Waals surface area (Å²) in [6.45, 7) is 8.36. The Morgan fingerprint density at radius 1 is 1.00 bits per heavy atom. The highest BCUT2D eigenvalue weighted by Crippen LogP contribution is 2.26. The van der Waals surface area contributed by atoms with Crippen molar-refractivity contribution in [2.45, 2.75) is 46.1 Å². The molecule has 1 N–H and O–H groups in total. The molecule has 1 aliphatic rings. The van der Waals surface area contributed by atoms with E-state index in [0.717, 1.165) is 36.2 Å². The summed E-state index contributed by atoms with van der Waals surface area (Å²) < 4.78 is 2.03. The first-order chi connectivity index (χ1) is 16.0. The average molecular weight is 440 g/mol. The van der Waals surface area contributed by atoms with Gasteiger partial charge in [0, 0.05) is 5.69 Å². The number of nitrogens with one attached hydrogen (secondary N) is 1. The van der Waals surface area contributed by atoms with Crippen LogP contribution < -0.4 is 5.32 Å². The third-order valence-corrected chi connectivity index (χ3v) is 6.21. The molecule has 0 spiro atoms. The topological polar surface area (TPSA) is 46.9 Å². The third-order valence-electron chi connectivity index (χ3n) is 6.21. The molecule has 2 aromatic carbocycles. The molecule has 0 aliphatic heterocycles. The van der Waals surface area contributed by atoms with Gasteiger partial charge >= 0.3 is 0 Å². The number of nitrogens with zero attached hydrogens (tertiary/aromatic N) is 2. The number of para-hydroxylation sites is 1. The van der Waals surface area contributed by atoms with Gasteiger partial charge in [0.05, 0.1) is 16.9 Å². The largest absolute Gasteiger partial charge is 0.349 e. The molecule has 4 nitrogen and oxygen atoms in total. The van der Waals surface area contributed by atoms with Gasteiger partial charge in [-0.2, -0.15) is 5.10 Å². The molecule has 0 saturated heterocycles. The van der Waals surface area contributed by atoms with Gasteiger partial charge in [0.25, 0.3) is 0 Å². The predicted molar refractivity (Wildman–Crippen MR) is 137 cm³/mol. The summed E-state index contributed by atoms with van der Waals surface area (Å²) in [4.78, 5) is 10.4. The molecule has 0 saturated carbocycles. The molecule has 4 rings (SSSR count).